The molecule has 3 aromatic rings. The van der Waals surface area contributed by atoms with Crippen LogP contribution in [0.3, 0.4) is 0 Å². The van der Waals surface area contributed by atoms with Crippen LogP contribution >= 0.6 is 0 Å². The molecule has 3 heterocycles. The summed E-state index contributed by atoms with van der Waals surface area (Å²) in [6.45, 7) is 4.13. The SMILES string of the molecule is Cc1nn(C2CCC(=O)NC2=O)c(=O)c2ccc(N3CCO[C@H](COc4ccc(N)cc4)C3)cc12. The van der Waals surface area contributed by atoms with Gasteiger partial charge in [-0.15, -0.1) is 0 Å². The first-order valence-electron chi connectivity index (χ1n) is 11.6. The van der Waals surface area contributed by atoms with Crippen LogP contribution in [0.15, 0.2) is 47.3 Å². The van der Waals surface area contributed by atoms with Gasteiger partial charge in [0.15, 0.2) is 0 Å². The van der Waals surface area contributed by atoms with Crippen LogP contribution < -0.4 is 26.2 Å². The number of nitrogens with one attached hydrogen (secondary N) is 1. The van der Waals surface area contributed by atoms with E-state index in [1.165, 1.54) is 4.68 Å². The molecule has 182 valence electrons. The molecular weight excluding hydrogens is 450 g/mol. The average Bonchev–Trinajstić information content (AvgIpc) is 2.86. The van der Waals surface area contributed by atoms with Crippen LogP contribution in [-0.4, -0.2) is 54.0 Å². The van der Waals surface area contributed by atoms with Crippen molar-refractivity contribution in [2.75, 3.05) is 36.9 Å². The summed E-state index contributed by atoms with van der Waals surface area (Å²) in [4.78, 5) is 39.1. The van der Waals surface area contributed by atoms with Gasteiger partial charge in [0, 0.05) is 36.3 Å². The average molecular weight is 478 g/mol. The Hall–Kier alpha value is -3.92. The Morgan fingerprint density at radius 3 is 2.71 bits per heavy atom. The molecule has 0 spiro atoms. The lowest BCUT2D eigenvalue weighted by molar-refractivity contribution is -0.136. The number of anilines is 2. The third-order valence-electron chi connectivity index (χ3n) is 6.41. The van der Waals surface area contributed by atoms with E-state index in [4.69, 9.17) is 15.2 Å². The number of morpholine rings is 1. The highest BCUT2D eigenvalue weighted by Gasteiger charge is 2.30. The summed E-state index contributed by atoms with van der Waals surface area (Å²) in [6.07, 6.45) is 0.325. The van der Waals surface area contributed by atoms with Gasteiger partial charge in [0.1, 0.15) is 24.5 Å². The Labute approximate surface area is 201 Å². The number of nitrogens with zero attached hydrogens (tertiary/aromatic N) is 3. The Bertz CT molecular complexity index is 1340. The van der Waals surface area contributed by atoms with Gasteiger partial charge in [0.2, 0.25) is 5.91 Å². The minimum Gasteiger partial charge on any atom is -0.491 e. The van der Waals surface area contributed by atoms with Crippen LogP contribution in [-0.2, 0) is 14.3 Å². The summed E-state index contributed by atoms with van der Waals surface area (Å²) in [7, 11) is 0. The maximum atomic E-state index is 13.2. The number of rotatable bonds is 5. The van der Waals surface area contributed by atoms with E-state index in [-0.39, 0.29) is 30.4 Å². The maximum Gasteiger partial charge on any atom is 0.275 e. The quantitative estimate of drug-likeness (QED) is 0.418. The summed E-state index contributed by atoms with van der Waals surface area (Å²) in [5, 5.41) is 7.94. The number of benzene rings is 2. The van der Waals surface area contributed by atoms with Crippen molar-refractivity contribution >= 4 is 34.0 Å². The Balaban J connectivity index is 1.34. The molecule has 2 aliphatic heterocycles. The molecule has 3 N–H and O–H groups in total. The van der Waals surface area contributed by atoms with Gasteiger partial charge in [0.05, 0.1) is 17.7 Å². The van der Waals surface area contributed by atoms with Crippen LogP contribution in [0.4, 0.5) is 11.4 Å². The normalized spacial score (nSPS) is 20.7. The van der Waals surface area contributed by atoms with Gasteiger partial charge in [-0.2, -0.15) is 5.10 Å². The largest absolute Gasteiger partial charge is 0.491 e. The van der Waals surface area contributed by atoms with E-state index >= 15 is 0 Å². The number of aryl methyl sites for hydroxylation is 1. The minimum atomic E-state index is -0.788. The lowest BCUT2D eigenvalue weighted by Gasteiger charge is -2.34. The summed E-state index contributed by atoms with van der Waals surface area (Å²) in [6, 6.07) is 12.1. The molecule has 10 heteroatoms. The topological polar surface area (TPSA) is 129 Å². The number of ether oxygens (including phenoxy) is 2. The molecule has 2 amide bonds. The molecule has 35 heavy (non-hydrogen) atoms. The van der Waals surface area contributed by atoms with Gasteiger partial charge in [0.25, 0.3) is 11.5 Å². The van der Waals surface area contributed by atoms with Crippen molar-refractivity contribution in [2.24, 2.45) is 0 Å². The lowest BCUT2D eigenvalue weighted by atomic mass is 10.1. The number of hydrogen-bond donors (Lipinski definition) is 2. The fourth-order valence-corrected chi connectivity index (χ4v) is 4.53. The number of nitrogens with two attached hydrogens (primary N) is 1. The van der Waals surface area contributed by atoms with Crippen LogP contribution in [0.2, 0.25) is 0 Å². The smallest absolute Gasteiger partial charge is 0.275 e. The predicted molar refractivity (Wildman–Crippen MR) is 130 cm³/mol. The number of imide groups is 1. The summed E-state index contributed by atoms with van der Waals surface area (Å²) in [5.41, 5.74) is 7.66. The van der Waals surface area contributed by atoms with Crippen LogP contribution in [0.5, 0.6) is 5.75 Å². The molecule has 5 rings (SSSR count). The van der Waals surface area contributed by atoms with Gasteiger partial charge in [-0.05, 0) is 55.8 Å². The molecule has 2 fully saturated rings. The first-order chi connectivity index (χ1) is 16.9. The molecule has 1 unspecified atom stereocenters. The first-order valence-corrected chi connectivity index (χ1v) is 11.6. The highest BCUT2D eigenvalue weighted by atomic mass is 16.5. The second-order valence-electron chi connectivity index (χ2n) is 8.85. The summed E-state index contributed by atoms with van der Waals surface area (Å²) >= 11 is 0. The van der Waals surface area contributed by atoms with E-state index in [2.05, 4.69) is 15.3 Å². The molecule has 0 radical (unpaired) electrons. The molecule has 1 aromatic heterocycles. The summed E-state index contributed by atoms with van der Waals surface area (Å²) < 4.78 is 13.0. The van der Waals surface area contributed by atoms with E-state index in [1.807, 2.05) is 31.2 Å². The zero-order valence-electron chi connectivity index (χ0n) is 19.4. The van der Waals surface area contributed by atoms with Gasteiger partial charge in [-0.1, -0.05) is 0 Å². The number of aromatic nitrogens is 2. The van der Waals surface area contributed by atoms with Crippen LogP contribution in [0.25, 0.3) is 10.8 Å². The summed E-state index contributed by atoms with van der Waals surface area (Å²) in [5.74, 6) is -0.0875. The zero-order valence-corrected chi connectivity index (χ0v) is 19.4. The third-order valence-corrected chi connectivity index (χ3v) is 6.41. The second-order valence-corrected chi connectivity index (χ2v) is 8.85. The fourth-order valence-electron chi connectivity index (χ4n) is 4.53. The Morgan fingerprint density at radius 1 is 1.14 bits per heavy atom. The standard InChI is InChI=1S/C25H27N5O5/c1-15-21-12-17(29-10-11-34-19(13-29)14-35-18-5-2-16(26)3-6-18)4-7-20(21)25(33)30(28-15)22-8-9-23(31)27-24(22)32/h2-7,12,19,22H,8-11,13-14,26H2,1H3,(H,27,31,32)/t19-,22?/m0/s1. The molecule has 0 saturated carbocycles. The van der Waals surface area contributed by atoms with Crippen molar-refractivity contribution in [1.29, 1.82) is 0 Å². The van der Waals surface area contributed by atoms with Gasteiger partial charge >= 0.3 is 0 Å². The van der Waals surface area contributed by atoms with E-state index in [1.54, 1.807) is 18.2 Å². The number of carbonyl (C=O) groups excluding carboxylic acids is 2. The Morgan fingerprint density at radius 2 is 1.94 bits per heavy atom. The molecule has 0 aliphatic carbocycles. The van der Waals surface area contributed by atoms with Crippen LogP contribution in [0, 0.1) is 6.92 Å². The number of piperidine rings is 1. The number of amides is 2. The second kappa shape index (κ2) is 9.38. The van der Waals surface area contributed by atoms with Gasteiger partial charge in [-0.25, -0.2) is 4.68 Å². The highest BCUT2D eigenvalue weighted by Crippen LogP contribution is 2.25. The van der Waals surface area contributed by atoms with E-state index in [9.17, 15) is 14.4 Å². The van der Waals surface area contributed by atoms with E-state index in [0.29, 0.717) is 43.1 Å². The van der Waals surface area contributed by atoms with Crippen molar-refractivity contribution in [3.8, 4) is 5.75 Å². The number of hydrogen-bond acceptors (Lipinski definition) is 8. The third kappa shape index (κ3) is 4.69. The number of carbonyl (C=O) groups is 2. The Kier molecular flexibility index (Phi) is 6.12. The highest BCUT2D eigenvalue weighted by molar-refractivity contribution is 5.99. The fraction of sp³-hybridized carbons (Fsp3) is 0.360. The van der Waals surface area contributed by atoms with E-state index in [0.717, 1.165) is 16.8 Å². The van der Waals surface area contributed by atoms with Crippen molar-refractivity contribution in [2.45, 2.75) is 31.9 Å². The first kappa shape index (κ1) is 22.9. The monoisotopic (exact) mass is 477 g/mol. The molecule has 2 saturated heterocycles. The predicted octanol–water partition coefficient (Wildman–Crippen LogP) is 1.55. The van der Waals surface area contributed by atoms with Crippen molar-refractivity contribution < 1.29 is 19.1 Å². The molecule has 10 nitrogen and oxygen atoms in total. The lowest BCUT2D eigenvalue weighted by Crippen LogP contribution is -2.45. The van der Waals surface area contributed by atoms with Gasteiger partial charge < -0.3 is 20.1 Å². The molecular formula is C25H27N5O5. The molecule has 2 aromatic carbocycles. The molecule has 0 bridgehead atoms. The minimum absolute atomic E-state index is 0.114. The van der Waals surface area contributed by atoms with Crippen molar-refractivity contribution in [1.82, 2.24) is 15.1 Å². The van der Waals surface area contributed by atoms with Crippen molar-refractivity contribution in [3.63, 3.8) is 0 Å². The van der Waals surface area contributed by atoms with Crippen LogP contribution in [0.1, 0.15) is 24.6 Å². The van der Waals surface area contributed by atoms with E-state index < -0.39 is 11.9 Å². The zero-order chi connectivity index (χ0) is 24.5. The number of fused-ring (bicyclic) bond motifs is 1. The van der Waals surface area contributed by atoms with Gasteiger partial charge in [-0.3, -0.25) is 19.7 Å². The molecule has 2 aliphatic rings. The maximum absolute atomic E-state index is 13.2. The van der Waals surface area contributed by atoms with Crippen molar-refractivity contribution in [3.05, 3.63) is 58.5 Å². The number of nitrogen functional groups attached to an aromatic ring is 1. The molecule has 2 atom stereocenters.